The number of hydrogen-bond donors (Lipinski definition) is 4. The number of phenols is 2. The summed E-state index contributed by atoms with van der Waals surface area (Å²) in [6, 6.07) is 10.6. The van der Waals surface area contributed by atoms with Gasteiger partial charge in [-0.25, -0.2) is 4.39 Å². The summed E-state index contributed by atoms with van der Waals surface area (Å²) >= 11 is 4.96. The summed E-state index contributed by atoms with van der Waals surface area (Å²) in [5, 5.41) is 25.4. The summed E-state index contributed by atoms with van der Waals surface area (Å²) in [5.41, 5.74) is 3.03. The van der Waals surface area contributed by atoms with Crippen LogP contribution in [0.15, 0.2) is 47.6 Å². The van der Waals surface area contributed by atoms with E-state index >= 15 is 0 Å². The zero-order chi connectivity index (χ0) is 15.2. The number of para-hydroxylation sites is 2. The molecule has 2 aromatic rings. The van der Waals surface area contributed by atoms with Gasteiger partial charge in [0.1, 0.15) is 5.82 Å². The molecule has 2 aromatic carbocycles. The van der Waals surface area contributed by atoms with Crippen LogP contribution in [0.5, 0.6) is 11.5 Å². The molecule has 0 atom stereocenters. The fourth-order valence-electron chi connectivity index (χ4n) is 1.53. The van der Waals surface area contributed by atoms with Gasteiger partial charge in [-0.1, -0.05) is 18.2 Å². The second-order valence-electron chi connectivity index (χ2n) is 4.02. The molecule has 0 bridgehead atoms. The van der Waals surface area contributed by atoms with Crippen molar-refractivity contribution < 1.29 is 14.6 Å². The van der Waals surface area contributed by atoms with Crippen molar-refractivity contribution in [2.24, 2.45) is 5.10 Å². The molecular weight excluding hydrogens is 293 g/mol. The Kier molecular flexibility index (Phi) is 4.68. The quantitative estimate of drug-likeness (QED) is 0.303. The summed E-state index contributed by atoms with van der Waals surface area (Å²) < 4.78 is 13.4. The molecule has 108 valence electrons. The van der Waals surface area contributed by atoms with Crippen molar-refractivity contribution in [1.29, 1.82) is 0 Å². The number of anilines is 1. The Hall–Kier alpha value is -2.67. The summed E-state index contributed by atoms with van der Waals surface area (Å²) in [6.45, 7) is 0. The van der Waals surface area contributed by atoms with Crippen LogP contribution in [0.3, 0.4) is 0 Å². The minimum Gasteiger partial charge on any atom is -0.504 e. The van der Waals surface area contributed by atoms with E-state index in [2.05, 4.69) is 15.8 Å². The van der Waals surface area contributed by atoms with Gasteiger partial charge in [-0.3, -0.25) is 5.43 Å². The zero-order valence-electron chi connectivity index (χ0n) is 10.7. The van der Waals surface area contributed by atoms with Crippen LogP contribution in [0.2, 0.25) is 0 Å². The predicted octanol–water partition coefficient (Wildman–Crippen LogP) is 2.56. The topological polar surface area (TPSA) is 76.9 Å². The molecule has 0 fully saturated rings. The molecule has 0 amide bonds. The molecular formula is C14H12FN3O2S. The number of nitrogens with zero attached hydrogens (tertiary/aromatic N) is 1. The molecule has 0 aliphatic carbocycles. The highest BCUT2D eigenvalue weighted by atomic mass is 32.1. The van der Waals surface area contributed by atoms with Crippen molar-refractivity contribution in [1.82, 2.24) is 5.43 Å². The first-order chi connectivity index (χ1) is 10.1. The average Bonchev–Trinajstić information content (AvgIpc) is 2.46. The van der Waals surface area contributed by atoms with Crippen LogP contribution < -0.4 is 10.7 Å². The molecule has 0 saturated carbocycles. The predicted molar refractivity (Wildman–Crippen MR) is 83.1 cm³/mol. The number of benzene rings is 2. The molecule has 2 rings (SSSR count). The van der Waals surface area contributed by atoms with Gasteiger partial charge in [-0.05, 0) is 36.5 Å². The minimum atomic E-state index is -0.434. The highest BCUT2D eigenvalue weighted by Crippen LogP contribution is 2.26. The number of halogens is 1. The van der Waals surface area contributed by atoms with Crippen LogP contribution in [0.1, 0.15) is 5.56 Å². The van der Waals surface area contributed by atoms with Crippen molar-refractivity contribution in [2.45, 2.75) is 0 Å². The van der Waals surface area contributed by atoms with Gasteiger partial charge in [-0.15, -0.1) is 0 Å². The Morgan fingerprint density at radius 3 is 2.67 bits per heavy atom. The summed E-state index contributed by atoms with van der Waals surface area (Å²) in [4.78, 5) is 0. The summed E-state index contributed by atoms with van der Waals surface area (Å²) in [7, 11) is 0. The normalized spacial score (nSPS) is 10.5. The Morgan fingerprint density at radius 1 is 1.14 bits per heavy atom. The minimum absolute atomic E-state index is 0.0935. The van der Waals surface area contributed by atoms with E-state index in [0.717, 1.165) is 0 Å². The van der Waals surface area contributed by atoms with Crippen LogP contribution in [0.25, 0.3) is 0 Å². The van der Waals surface area contributed by atoms with Crippen molar-refractivity contribution in [3.05, 3.63) is 53.8 Å². The van der Waals surface area contributed by atoms with E-state index < -0.39 is 5.82 Å². The number of thiocarbonyl (C=S) groups is 1. The molecule has 0 saturated heterocycles. The van der Waals surface area contributed by atoms with E-state index in [4.69, 9.17) is 12.2 Å². The highest BCUT2D eigenvalue weighted by Gasteiger charge is 2.04. The third-order valence-electron chi connectivity index (χ3n) is 2.54. The van der Waals surface area contributed by atoms with Crippen molar-refractivity contribution in [3.8, 4) is 11.5 Å². The van der Waals surface area contributed by atoms with Gasteiger partial charge >= 0.3 is 0 Å². The van der Waals surface area contributed by atoms with Gasteiger partial charge in [0.25, 0.3) is 0 Å². The molecule has 0 radical (unpaired) electrons. The standard InChI is InChI=1S/C14H12FN3O2S/c15-10-5-1-2-6-11(10)17-14(21)18-16-8-9-4-3-7-12(19)13(9)20/h1-8,19-20H,(H2,17,18,21)/b16-8+. The smallest absolute Gasteiger partial charge is 0.191 e. The first-order valence-corrected chi connectivity index (χ1v) is 6.34. The molecule has 0 aromatic heterocycles. The van der Waals surface area contributed by atoms with E-state index in [1.165, 1.54) is 24.4 Å². The van der Waals surface area contributed by atoms with Gasteiger partial charge in [0.2, 0.25) is 0 Å². The molecule has 0 aliphatic heterocycles. The van der Waals surface area contributed by atoms with Gasteiger partial charge < -0.3 is 15.5 Å². The van der Waals surface area contributed by atoms with Gasteiger partial charge in [-0.2, -0.15) is 5.10 Å². The third kappa shape index (κ3) is 3.90. The molecule has 4 N–H and O–H groups in total. The number of phenolic OH excluding ortho intramolecular Hbond substituents is 2. The highest BCUT2D eigenvalue weighted by molar-refractivity contribution is 7.80. The lowest BCUT2D eigenvalue weighted by Gasteiger charge is -2.07. The fourth-order valence-corrected chi connectivity index (χ4v) is 1.69. The van der Waals surface area contributed by atoms with Crippen molar-refractivity contribution in [2.75, 3.05) is 5.32 Å². The van der Waals surface area contributed by atoms with E-state index in [1.807, 2.05) is 0 Å². The second kappa shape index (κ2) is 6.67. The number of nitrogens with one attached hydrogen (secondary N) is 2. The molecule has 0 heterocycles. The maximum Gasteiger partial charge on any atom is 0.191 e. The van der Waals surface area contributed by atoms with Gasteiger partial charge in [0, 0.05) is 5.56 Å². The van der Waals surface area contributed by atoms with Crippen LogP contribution >= 0.6 is 12.2 Å². The lowest BCUT2D eigenvalue weighted by atomic mass is 10.2. The number of hydrazone groups is 1. The zero-order valence-corrected chi connectivity index (χ0v) is 11.6. The summed E-state index contributed by atoms with van der Waals surface area (Å²) in [6.07, 6.45) is 1.28. The summed E-state index contributed by atoms with van der Waals surface area (Å²) in [5.74, 6) is -0.960. The van der Waals surface area contributed by atoms with E-state index in [-0.39, 0.29) is 22.3 Å². The van der Waals surface area contributed by atoms with Gasteiger partial charge in [0.05, 0.1) is 11.9 Å². The number of aromatic hydroxyl groups is 2. The third-order valence-corrected chi connectivity index (χ3v) is 2.73. The van der Waals surface area contributed by atoms with Crippen LogP contribution in [-0.2, 0) is 0 Å². The van der Waals surface area contributed by atoms with Gasteiger partial charge in [0.15, 0.2) is 16.6 Å². The molecule has 0 unspecified atom stereocenters. The molecule has 5 nitrogen and oxygen atoms in total. The fraction of sp³-hybridized carbons (Fsp3) is 0. The van der Waals surface area contributed by atoms with Crippen LogP contribution in [0, 0.1) is 5.82 Å². The molecule has 0 aliphatic rings. The van der Waals surface area contributed by atoms with E-state index in [1.54, 1.807) is 24.3 Å². The lowest BCUT2D eigenvalue weighted by Crippen LogP contribution is -2.24. The Morgan fingerprint density at radius 2 is 1.90 bits per heavy atom. The maximum absolute atomic E-state index is 13.4. The van der Waals surface area contributed by atoms with E-state index in [9.17, 15) is 14.6 Å². The van der Waals surface area contributed by atoms with Crippen molar-refractivity contribution >= 4 is 29.2 Å². The first kappa shape index (κ1) is 14.7. The lowest BCUT2D eigenvalue weighted by molar-refractivity contribution is 0.403. The first-order valence-electron chi connectivity index (χ1n) is 5.93. The van der Waals surface area contributed by atoms with Crippen LogP contribution in [0.4, 0.5) is 10.1 Å². The van der Waals surface area contributed by atoms with Crippen molar-refractivity contribution in [3.63, 3.8) is 0 Å². The largest absolute Gasteiger partial charge is 0.504 e. The molecule has 21 heavy (non-hydrogen) atoms. The van der Waals surface area contributed by atoms with Crippen LogP contribution in [-0.4, -0.2) is 21.5 Å². The second-order valence-corrected chi connectivity index (χ2v) is 4.43. The molecule has 7 heteroatoms. The number of rotatable bonds is 3. The Balaban J connectivity index is 1.97. The average molecular weight is 305 g/mol. The number of hydrogen-bond acceptors (Lipinski definition) is 4. The molecule has 0 spiro atoms. The maximum atomic E-state index is 13.4. The Bertz CT molecular complexity index is 692. The monoisotopic (exact) mass is 305 g/mol. The van der Waals surface area contributed by atoms with E-state index in [0.29, 0.717) is 5.56 Å². The Labute approximate surface area is 125 Å². The SMILES string of the molecule is Oc1cccc(/C=N/NC(=S)Nc2ccccc2F)c1O.